The van der Waals surface area contributed by atoms with Crippen molar-refractivity contribution in [2.45, 2.75) is 45.7 Å². The Morgan fingerprint density at radius 1 is 1.42 bits per heavy atom. The first-order chi connectivity index (χ1) is 9.24. The third-order valence-electron chi connectivity index (χ3n) is 3.89. The summed E-state index contributed by atoms with van der Waals surface area (Å²) < 4.78 is 5.23. The Labute approximate surface area is 113 Å². The van der Waals surface area contributed by atoms with E-state index in [2.05, 4.69) is 33.0 Å². The van der Waals surface area contributed by atoms with Crippen LogP contribution in [0.15, 0.2) is 16.9 Å². The van der Waals surface area contributed by atoms with Crippen LogP contribution in [0.5, 0.6) is 0 Å². The summed E-state index contributed by atoms with van der Waals surface area (Å²) in [6.07, 6.45) is 5.42. The highest BCUT2D eigenvalue weighted by atomic mass is 16.5. The second-order valence-corrected chi connectivity index (χ2v) is 5.32. The Hall–Kier alpha value is -1.62. The maximum Gasteiger partial charge on any atom is 0.133 e. The lowest BCUT2D eigenvalue weighted by Gasteiger charge is -2.34. The van der Waals surface area contributed by atoms with Crippen molar-refractivity contribution < 1.29 is 4.52 Å². The van der Waals surface area contributed by atoms with Gasteiger partial charge in [-0.05, 0) is 33.2 Å². The number of imidazole rings is 1. The van der Waals surface area contributed by atoms with E-state index in [4.69, 9.17) is 4.52 Å². The molecule has 19 heavy (non-hydrogen) atoms. The quantitative estimate of drug-likeness (QED) is 0.922. The number of aromatic amines is 1. The highest BCUT2D eigenvalue weighted by Gasteiger charge is 2.27. The normalized spacial score (nSPS) is 20.8. The smallest absolute Gasteiger partial charge is 0.133 e. The van der Waals surface area contributed by atoms with E-state index in [1.54, 1.807) is 6.33 Å². The van der Waals surface area contributed by atoms with Crippen LogP contribution in [0, 0.1) is 13.8 Å². The molecule has 2 aromatic rings. The van der Waals surface area contributed by atoms with Crippen molar-refractivity contribution in [1.82, 2.24) is 20.0 Å². The number of H-pyrrole nitrogens is 1. The van der Waals surface area contributed by atoms with Gasteiger partial charge in [0.2, 0.25) is 0 Å². The van der Waals surface area contributed by atoms with E-state index in [1.165, 1.54) is 12.8 Å². The van der Waals surface area contributed by atoms with Gasteiger partial charge in [-0.15, -0.1) is 0 Å². The third-order valence-corrected chi connectivity index (χ3v) is 3.89. The van der Waals surface area contributed by atoms with E-state index in [0.717, 1.165) is 42.4 Å². The standard InChI is InChI=1S/C14H20N4O/c1-10-7-12(17-19-10)14-5-3-4-6-18(14)8-13-11(2)15-9-16-13/h7,9,14H,3-6,8H2,1-2H3,(H,15,16)/t14-/m1/s1. The number of likely N-dealkylation sites (tertiary alicyclic amines) is 1. The molecule has 1 fully saturated rings. The summed E-state index contributed by atoms with van der Waals surface area (Å²) in [6, 6.07) is 2.42. The van der Waals surface area contributed by atoms with Gasteiger partial charge in [-0.25, -0.2) is 4.98 Å². The minimum atomic E-state index is 0.363. The van der Waals surface area contributed by atoms with E-state index >= 15 is 0 Å². The first kappa shape index (κ1) is 12.4. The van der Waals surface area contributed by atoms with Gasteiger partial charge >= 0.3 is 0 Å². The molecule has 0 bridgehead atoms. The van der Waals surface area contributed by atoms with Crippen LogP contribution in [0.25, 0.3) is 0 Å². The summed E-state index contributed by atoms with van der Waals surface area (Å²) in [5, 5.41) is 4.20. The SMILES string of the molecule is Cc1cc([C@H]2CCCCN2Cc2nc[nH]c2C)no1. The van der Waals surface area contributed by atoms with E-state index in [9.17, 15) is 0 Å². The van der Waals surface area contributed by atoms with Crippen molar-refractivity contribution >= 4 is 0 Å². The second kappa shape index (κ2) is 5.17. The molecule has 5 nitrogen and oxygen atoms in total. The molecule has 0 saturated carbocycles. The van der Waals surface area contributed by atoms with Crippen LogP contribution in [0.3, 0.4) is 0 Å². The average molecular weight is 260 g/mol. The molecule has 3 rings (SSSR count). The molecule has 1 atom stereocenters. The molecule has 1 N–H and O–H groups in total. The van der Waals surface area contributed by atoms with E-state index in [0.29, 0.717) is 6.04 Å². The molecule has 0 radical (unpaired) electrons. The first-order valence-electron chi connectivity index (χ1n) is 6.90. The van der Waals surface area contributed by atoms with E-state index in [1.807, 2.05) is 6.92 Å². The summed E-state index contributed by atoms with van der Waals surface area (Å²) in [7, 11) is 0. The van der Waals surface area contributed by atoms with Gasteiger partial charge in [0, 0.05) is 18.3 Å². The fraction of sp³-hybridized carbons (Fsp3) is 0.571. The minimum Gasteiger partial charge on any atom is -0.361 e. The fourth-order valence-electron chi connectivity index (χ4n) is 2.80. The minimum absolute atomic E-state index is 0.363. The van der Waals surface area contributed by atoms with E-state index < -0.39 is 0 Å². The lowest BCUT2D eigenvalue weighted by atomic mass is 9.99. The molecule has 5 heteroatoms. The van der Waals surface area contributed by atoms with Crippen molar-refractivity contribution in [1.29, 1.82) is 0 Å². The third kappa shape index (κ3) is 2.56. The number of hydrogen-bond acceptors (Lipinski definition) is 4. The van der Waals surface area contributed by atoms with Crippen LogP contribution in [0.1, 0.15) is 48.1 Å². The largest absolute Gasteiger partial charge is 0.361 e. The summed E-state index contributed by atoms with van der Waals surface area (Å²) >= 11 is 0. The topological polar surface area (TPSA) is 58.0 Å². The number of nitrogens with zero attached hydrogens (tertiary/aromatic N) is 3. The molecule has 1 aliphatic rings. The molecule has 0 amide bonds. The van der Waals surface area contributed by atoms with E-state index in [-0.39, 0.29) is 0 Å². The molecule has 0 spiro atoms. The highest BCUT2D eigenvalue weighted by molar-refractivity contribution is 5.13. The van der Waals surface area contributed by atoms with Crippen molar-refractivity contribution in [2.24, 2.45) is 0 Å². The number of piperidine rings is 1. The summed E-state index contributed by atoms with van der Waals surface area (Å²) in [4.78, 5) is 10.0. The van der Waals surface area contributed by atoms with Crippen LogP contribution in [0.2, 0.25) is 0 Å². The second-order valence-electron chi connectivity index (χ2n) is 5.32. The summed E-state index contributed by atoms with van der Waals surface area (Å²) in [5.74, 6) is 0.886. The maximum atomic E-state index is 5.23. The highest BCUT2D eigenvalue weighted by Crippen LogP contribution is 2.31. The van der Waals surface area contributed by atoms with Gasteiger partial charge in [0.05, 0.1) is 18.1 Å². The first-order valence-corrected chi connectivity index (χ1v) is 6.90. The summed E-state index contributed by atoms with van der Waals surface area (Å²) in [5.41, 5.74) is 3.35. The molecule has 1 saturated heterocycles. The lowest BCUT2D eigenvalue weighted by molar-refractivity contribution is 0.132. The molecule has 102 valence electrons. The molecule has 3 heterocycles. The average Bonchev–Trinajstić information content (AvgIpc) is 3.00. The molecular weight excluding hydrogens is 240 g/mol. The number of hydrogen-bond donors (Lipinski definition) is 1. The molecule has 0 aliphatic carbocycles. The van der Waals surface area contributed by atoms with Gasteiger partial charge < -0.3 is 9.51 Å². The van der Waals surface area contributed by atoms with Gasteiger partial charge in [0.25, 0.3) is 0 Å². The fourth-order valence-corrected chi connectivity index (χ4v) is 2.80. The number of aromatic nitrogens is 3. The van der Waals surface area contributed by atoms with Crippen LogP contribution in [-0.2, 0) is 6.54 Å². The molecule has 0 aromatic carbocycles. The number of nitrogens with one attached hydrogen (secondary N) is 1. The van der Waals surface area contributed by atoms with Gasteiger partial charge in [-0.3, -0.25) is 4.90 Å². The lowest BCUT2D eigenvalue weighted by Crippen LogP contribution is -2.33. The Bertz CT molecular complexity index is 545. The monoisotopic (exact) mass is 260 g/mol. The predicted octanol–water partition coefficient (Wildman–Crippen LogP) is 2.74. The Morgan fingerprint density at radius 2 is 2.32 bits per heavy atom. The maximum absolute atomic E-state index is 5.23. The zero-order valence-electron chi connectivity index (χ0n) is 11.5. The Morgan fingerprint density at radius 3 is 3.00 bits per heavy atom. The van der Waals surface area contributed by atoms with Gasteiger partial charge in [-0.1, -0.05) is 11.6 Å². The number of rotatable bonds is 3. The van der Waals surface area contributed by atoms with Gasteiger partial charge in [0.1, 0.15) is 11.5 Å². The van der Waals surface area contributed by atoms with Crippen LogP contribution in [-0.4, -0.2) is 26.6 Å². The Balaban J connectivity index is 1.79. The van der Waals surface area contributed by atoms with Crippen molar-refractivity contribution in [3.63, 3.8) is 0 Å². The molecule has 0 unspecified atom stereocenters. The molecule has 1 aliphatic heterocycles. The van der Waals surface area contributed by atoms with Crippen LogP contribution < -0.4 is 0 Å². The van der Waals surface area contributed by atoms with Crippen molar-refractivity contribution in [2.75, 3.05) is 6.54 Å². The molecular formula is C14H20N4O. The molecule has 2 aromatic heterocycles. The van der Waals surface area contributed by atoms with Crippen LogP contribution in [0.4, 0.5) is 0 Å². The zero-order chi connectivity index (χ0) is 13.2. The van der Waals surface area contributed by atoms with Crippen molar-refractivity contribution in [3.05, 3.63) is 35.2 Å². The predicted molar refractivity (Wildman–Crippen MR) is 71.6 cm³/mol. The Kier molecular flexibility index (Phi) is 3.38. The number of aryl methyl sites for hydroxylation is 2. The summed E-state index contributed by atoms with van der Waals surface area (Å²) in [6.45, 7) is 6.00. The van der Waals surface area contributed by atoms with Crippen LogP contribution >= 0.6 is 0 Å². The zero-order valence-corrected chi connectivity index (χ0v) is 11.5. The van der Waals surface area contributed by atoms with Gasteiger partial charge in [0.15, 0.2) is 0 Å². The van der Waals surface area contributed by atoms with Gasteiger partial charge in [-0.2, -0.15) is 0 Å². The van der Waals surface area contributed by atoms with Crippen molar-refractivity contribution in [3.8, 4) is 0 Å².